The first-order valence-corrected chi connectivity index (χ1v) is 17.3. The van der Waals surface area contributed by atoms with Gasteiger partial charge in [0.25, 0.3) is 0 Å². The van der Waals surface area contributed by atoms with Gasteiger partial charge < -0.3 is 20.3 Å². The van der Waals surface area contributed by atoms with Crippen molar-refractivity contribution in [3.63, 3.8) is 0 Å². The summed E-state index contributed by atoms with van der Waals surface area (Å²) in [6.45, 7) is 12.1. The number of aliphatic hydroxyl groups is 2. The summed E-state index contributed by atoms with van der Waals surface area (Å²) in [7, 11) is 1.41. The van der Waals surface area contributed by atoms with Gasteiger partial charge in [-0.05, 0) is 87.1 Å². The van der Waals surface area contributed by atoms with Crippen LogP contribution in [0.5, 0.6) is 0 Å². The third-order valence-corrected chi connectivity index (χ3v) is 10.6. The summed E-state index contributed by atoms with van der Waals surface area (Å²) in [5.74, 6) is 6.66. The molecule has 5 aliphatic heterocycles. The normalized spacial score (nSPS) is 23.2. The molecule has 3 N–H and O–H groups in total. The summed E-state index contributed by atoms with van der Waals surface area (Å²) in [5, 5.41) is 26.4. The van der Waals surface area contributed by atoms with Crippen LogP contribution in [-0.2, 0) is 9.53 Å². The molecule has 0 radical (unpaired) electrons. The highest BCUT2D eigenvalue weighted by atomic mass is 16.5. The van der Waals surface area contributed by atoms with Gasteiger partial charge in [0.05, 0.1) is 53.0 Å². The molecule has 1 aliphatic carbocycles. The smallest absolute Gasteiger partial charge is 0.305 e. The van der Waals surface area contributed by atoms with Crippen LogP contribution >= 0.6 is 0 Å². The minimum atomic E-state index is -0.783. The second-order valence-corrected chi connectivity index (χ2v) is 13.6. The number of methoxy groups -OCH3 is 1. The minimum absolute atomic E-state index is 0.0991. The molecule has 0 aromatic heterocycles. The predicted octanol–water partition coefficient (Wildman–Crippen LogP) is 7.41. The number of hydrogen-bond acceptors (Lipinski definition) is 8. The molecule has 8 bridgehead atoms. The standard InChI is InChI=1S/C42H42N4O4/c1-8-27-21(2)31-20-34-37(25(6)47)24(5)40(45-34)29(15-14-26-12-10-9-11-13-26)39-22(3)28(16-17-36(49)50-7)41(46-39)30-18-35(48)38-23(4)32(44-42(30)38)19-33(27)43-31/h9-13,19-20,22,25,28,46-48H,8,16-18H2,1-7H3/t22-,25?,28-/m0/s1. The molecule has 0 amide bonds. The van der Waals surface area contributed by atoms with Crippen molar-refractivity contribution in [3.05, 3.63) is 127 Å². The fourth-order valence-electron chi connectivity index (χ4n) is 7.97. The number of allylic oxidation sites excluding steroid dienone is 11. The van der Waals surface area contributed by atoms with Crippen LogP contribution in [0, 0.1) is 23.7 Å². The second kappa shape index (κ2) is 12.9. The van der Waals surface area contributed by atoms with Gasteiger partial charge in [-0.3, -0.25) is 4.79 Å². The van der Waals surface area contributed by atoms with E-state index in [1.165, 1.54) is 7.11 Å². The van der Waals surface area contributed by atoms with E-state index in [0.29, 0.717) is 24.3 Å². The van der Waals surface area contributed by atoms with E-state index in [1.54, 1.807) is 6.92 Å². The van der Waals surface area contributed by atoms with E-state index in [9.17, 15) is 15.0 Å². The van der Waals surface area contributed by atoms with Crippen molar-refractivity contribution >= 4 is 23.1 Å². The maximum Gasteiger partial charge on any atom is 0.305 e. The van der Waals surface area contributed by atoms with Gasteiger partial charge in [0.1, 0.15) is 5.76 Å². The molecule has 7 rings (SSSR count). The number of carbonyl (C=O) groups excluding carboxylic acids is 1. The summed E-state index contributed by atoms with van der Waals surface area (Å²) in [6.07, 6.45) is 5.09. The SMILES string of the molecule is CCC1=C(C)C2=NC1=CC1=C(C)C3=C(O)CC(=C4NC(=C(C#Cc5ccccc5)C5=NC(=C2)C(C(C)O)=C5C)[C@@H](C)[C@@H]4CCC(=O)OC)C3=N1. The maximum atomic E-state index is 12.5. The Labute approximate surface area is 293 Å². The van der Waals surface area contributed by atoms with Gasteiger partial charge in [0.15, 0.2) is 0 Å². The van der Waals surface area contributed by atoms with Crippen molar-refractivity contribution in [3.8, 4) is 11.8 Å². The van der Waals surface area contributed by atoms with Crippen molar-refractivity contribution in [1.29, 1.82) is 0 Å². The van der Waals surface area contributed by atoms with Crippen LogP contribution in [0.3, 0.4) is 0 Å². The summed E-state index contributed by atoms with van der Waals surface area (Å²) in [4.78, 5) is 28.0. The van der Waals surface area contributed by atoms with E-state index in [1.807, 2.05) is 56.3 Å². The van der Waals surface area contributed by atoms with Gasteiger partial charge >= 0.3 is 5.97 Å². The summed E-state index contributed by atoms with van der Waals surface area (Å²) in [6, 6.07) is 9.83. The van der Waals surface area contributed by atoms with Crippen LogP contribution in [0.4, 0.5) is 0 Å². The molecule has 1 saturated heterocycles. The van der Waals surface area contributed by atoms with Gasteiger partial charge in [-0.25, -0.2) is 15.0 Å². The fraction of sp³-hybridized carbons (Fsp3) is 0.333. The molecule has 1 fully saturated rings. The quantitative estimate of drug-likeness (QED) is 0.224. The minimum Gasteiger partial charge on any atom is -0.511 e. The van der Waals surface area contributed by atoms with Gasteiger partial charge in [-0.15, -0.1) is 0 Å². The monoisotopic (exact) mass is 666 g/mol. The van der Waals surface area contributed by atoms with E-state index in [-0.39, 0.29) is 30.0 Å². The highest BCUT2D eigenvalue weighted by Gasteiger charge is 2.43. The van der Waals surface area contributed by atoms with Crippen LogP contribution in [0.25, 0.3) is 0 Å². The predicted molar refractivity (Wildman–Crippen MR) is 197 cm³/mol. The van der Waals surface area contributed by atoms with Crippen LogP contribution in [-0.4, -0.2) is 46.5 Å². The number of esters is 1. The Morgan fingerprint density at radius 3 is 2.46 bits per heavy atom. The molecule has 0 saturated carbocycles. The van der Waals surface area contributed by atoms with Crippen molar-refractivity contribution in [1.82, 2.24) is 5.32 Å². The molecule has 8 heteroatoms. The highest BCUT2D eigenvalue weighted by Crippen LogP contribution is 2.47. The molecular weight excluding hydrogens is 624 g/mol. The van der Waals surface area contributed by atoms with Crippen LogP contribution in [0.1, 0.15) is 72.8 Å². The molecular formula is C42H42N4O4. The van der Waals surface area contributed by atoms with Crippen molar-refractivity contribution in [2.45, 2.75) is 73.3 Å². The number of rotatable bonds is 5. The number of nitrogens with zero attached hydrogens (tertiary/aromatic N) is 3. The number of benzene rings is 1. The van der Waals surface area contributed by atoms with Crippen molar-refractivity contribution < 1.29 is 19.7 Å². The molecule has 0 spiro atoms. The molecule has 254 valence electrons. The maximum absolute atomic E-state index is 12.5. The molecule has 1 aromatic carbocycles. The average molecular weight is 667 g/mol. The van der Waals surface area contributed by atoms with E-state index >= 15 is 0 Å². The number of fused-ring (bicyclic) bond motifs is 5. The van der Waals surface area contributed by atoms with Gasteiger partial charge in [-0.1, -0.05) is 43.9 Å². The molecule has 1 unspecified atom stereocenters. The van der Waals surface area contributed by atoms with Crippen molar-refractivity contribution in [2.24, 2.45) is 26.8 Å². The lowest BCUT2D eigenvalue weighted by Crippen LogP contribution is -2.16. The number of nitrogens with one attached hydrogen (secondary N) is 1. The zero-order valence-corrected chi connectivity index (χ0v) is 29.7. The van der Waals surface area contributed by atoms with Gasteiger partial charge in [-0.2, -0.15) is 0 Å². The zero-order chi connectivity index (χ0) is 35.4. The number of ether oxygens (including phenoxy) is 1. The lowest BCUT2D eigenvalue weighted by Gasteiger charge is -2.17. The zero-order valence-electron chi connectivity index (χ0n) is 29.7. The van der Waals surface area contributed by atoms with Gasteiger partial charge in [0, 0.05) is 58.4 Å². The third-order valence-electron chi connectivity index (χ3n) is 10.6. The van der Waals surface area contributed by atoms with Crippen LogP contribution in [0.15, 0.2) is 136 Å². The molecule has 8 nitrogen and oxygen atoms in total. The number of aliphatic hydroxyl groups excluding tert-OH is 2. The van der Waals surface area contributed by atoms with Crippen LogP contribution in [0.2, 0.25) is 0 Å². The number of carbonyl (C=O) groups is 1. The van der Waals surface area contributed by atoms with E-state index in [2.05, 4.69) is 37.9 Å². The fourth-order valence-corrected chi connectivity index (χ4v) is 7.97. The molecule has 6 aliphatic rings. The summed E-state index contributed by atoms with van der Waals surface area (Å²) in [5.41, 5.74) is 14.2. The van der Waals surface area contributed by atoms with E-state index in [0.717, 1.165) is 90.8 Å². The second-order valence-electron chi connectivity index (χ2n) is 13.6. The number of aliphatic imine (C=N–C) groups is 3. The van der Waals surface area contributed by atoms with E-state index < -0.39 is 6.10 Å². The molecule has 5 heterocycles. The molecule has 1 aromatic rings. The van der Waals surface area contributed by atoms with Crippen LogP contribution < -0.4 is 5.32 Å². The molecule has 50 heavy (non-hydrogen) atoms. The Bertz CT molecular complexity index is 2160. The highest BCUT2D eigenvalue weighted by molar-refractivity contribution is 6.22. The number of hydrogen-bond donors (Lipinski definition) is 3. The Kier molecular flexibility index (Phi) is 8.57. The third kappa shape index (κ3) is 5.46. The first kappa shape index (κ1) is 33.2. The lowest BCUT2D eigenvalue weighted by atomic mass is 9.84. The first-order chi connectivity index (χ1) is 24.0. The molecule has 3 atom stereocenters. The first-order valence-electron chi connectivity index (χ1n) is 17.3. The summed E-state index contributed by atoms with van der Waals surface area (Å²) < 4.78 is 5.05. The van der Waals surface area contributed by atoms with Gasteiger partial charge in [0.2, 0.25) is 0 Å². The topological polar surface area (TPSA) is 116 Å². The Hall–Kier alpha value is -5.26. The Morgan fingerprint density at radius 1 is 1.00 bits per heavy atom. The average Bonchev–Trinajstić information content (AvgIpc) is 3.86. The Balaban J connectivity index is 1.54. The Morgan fingerprint density at radius 2 is 1.76 bits per heavy atom. The van der Waals surface area contributed by atoms with E-state index in [4.69, 9.17) is 19.7 Å². The lowest BCUT2D eigenvalue weighted by molar-refractivity contribution is -0.140. The largest absolute Gasteiger partial charge is 0.511 e. The summed E-state index contributed by atoms with van der Waals surface area (Å²) >= 11 is 0. The van der Waals surface area contributed by atoms with Crippen molar-refractivity contribution in [2.75, 3.05) is 7.11 Å².